The van der Waals surface area contributed by atoms with Crippen LogP contribution in [0.2, 0.25) is 5.15 Å². The summed E-state index contributed by atoms with van der Waals surface area (Å²) in [5.74, 6) is -2.61. The van der Waals surface area contributed by atoms with Crippen LogP contribution in [-0.2, 0) is 19.1 Å². The van der Waals surface area contributed by atoms with Crippen molar-refractivity contribution in [3.05, 3.63) is 17.5 Å². The zero-order valence-electron chi connectivity index (χ0n) is 18.7. The van der Waals surface area contributed by atoms with E-state index in [-0.39, 0.29) is 30.4 Å². The lowest BCUT2D eigenvalue weighted by molar-refractivity contribution is -0.161. The molecule has 31 heavy (non-hydrogen) atoms. The fourth-order valence-electron chi connectivity index (χ4n) is 3.43. The van der Waals surface area contributed by atoms with E-state index >= 15 is 0 Å². The van der Waals surface area contributed by atoms with Crippen molar-refractivity contribution >= 4 is 29.4 Å². The zero-order valence-corrected chi connectivity index (χ0v) is 19.5. The largest absolute Gasteiger partial charge is 0.480 e. The monoisotopic (exact) mass is 455 g/mol. The van der Waals surface area contributed by atoms with Crippen LogP contribution in [0.1, 0.15) is 54.4 Å². The molecule has 1 aliphatic heterocycles. The fourth-order valence-corrected chi connectivity index (χ4v) is 3.56. The molecule has 10 heteroatoms. The van der Waals surface area contributed by atoms with Crippen LogP contribution in [0.25, 0.3) is 0 Å². The molecule has 0 radical (unpaired) electrons. The molecule has 0 bridgehead atoms. The Morgan fingerprint density at radius 2 is 1.87 bits per heavy atom. The zero-order chi connectivity index (χ0) is 23.6. The van der Waals surface area contributed by atoms with Gasteiger partial charge in [0.1, 0.15) is 29.2 Å². The van der Waals surface area contributed by atoms with Gasteiger partial charge in [0, 0.05) is 12.5 Å². The van der Waals surface area contributed by atoms with Crippen LogP contribution in [-0.4, -0.2) is 62.1 Å². The van der Waals surface area contributed by atoms with Gasteiger partial charge in [0.15, 0.2) is 0 Å². The molecule has 2 rings (SSSR count). The predicted molar refractivity (Wildman–Crippen MR) is 113 cm³/mol. The van der Waals surface area contributed by atoms with Crippen LogP contribution in [0, 0.1) is 11.3 Å². The van der Waals surface area contributed by atoms with Crippen LogP contribution >= 0.6 is 11.6 Å². The van der Waals surface area contributed by atoms with Crippen LogP contribution in [0.4, 0.5) is 0 Å². The number of hydrogen-bond donors (Lipinski definition) is 1. The molecule has 3 atom stereocenters. The maximum atomic E-state index is 13.4. The number of carboxylic acid groups (broad SMARTS) is 1. The smallest absolute Gasteiger partial charge is 0.326 e. The Labute approximate surface area is 187 Å². The Bertz CT molecular complexity index is 833. The quantitative estimate of drug-likeness (QED) is 0.513. The maximum absolute atomic E-state index is 13.4. The standard InChI is InChI=1S/C21H30ClN3O6/c1-20(2,3)13(8-17(26)31-21(4,5)6)18(27)25-10-12(7-14(25)19(28)29)30-16-9-15(22)23-11-24-16/h9,11-14H,7-8,10H2,1-6H3,(H,28,29)/t12-,13-,14+/m1/s1. The topological polar surface area (TPSA) is 119 Å². The van der Waals surface area contributed by atoms with Gasteiger partial charge in [-0.05, 0) is 26.2 Å². The normalized spacial score (nSPS) is 20.3. The van der Waals surface area contributed by atoms with Gasteiger partial charge in [-0.1, -0.05) is 32.4 Å². The SMILES string of the molecule is CC(C)(C)OC(=O)C[C@H](C(=O)N1C[C@H](Oc2cc(Cl)ncn2)C[C@H]1C(=O)O)C(C)(C)C. The molecule has 172 valence electrons. The summed E-state index contributed by atoms with van der Waals surface area (Å²) in [6.07, 6.45) is 0.598. The van der Waals surface area contributed by atoms with Gasteiger partial charge in [0.25, 0.3) is 0 Å². The summed E-state index contributed by atoms with van der Waals surface area (Å²) in [4.78, 5) is 46.7. The number of aromatic nitrogens is 2. The van der Waals surface area contributed by atoms with E-state index in [0.29, 0.717) is 0 Å². The predicted octanol–water partition coefficient (Wildman–Crippen LogP) is 2.96. The van der Waals surface area contributed by atoms with Gasteiger partial charge in [0.2, 0.25) is 11.8 Å². The van der Waals surface area contributed by atoms with E-state index in [9.17, 15) is 19.5 Å². The number of esters is 1. The molecule has 0 saturated carbocycles. The minimum absolute atomic E-state index is 0.0539. The number of nitrogens with zero attached hydrogens (tertiary/aromatic N) is 3. The van der Waals surface area contributed by atoms with Crippen LogP contribution < -0.4 is 4.74 Å². The molecule has 1 saturated heterocycles. The van der Waals surface area contributed by atoms with Crippen molar-refractivity contribution in [3.63, 3.8) is 0 Å². The van der Waals surface area contributed by atoms with Gasteiger partial charge in [-0.2, -0.15) is 0 Å². The molecule has 1 aromatic heterocycles. The fraction of sp³-hybridized carbons (Fsp3) is 0.667. The van der Waals surface area contributed by atoms with Gasteiger partial charge < -0.3 is 19.5 Å². The lowest BCUT2D eigenvalue weighted by atomic mass is 9.77. The summed E-state index contributed by atoms with van der Waals surface area (Å²) < 4.78 is 11.1. The van der Waals surface area contributed by atoms with Gasteiger partial charge in [-0.3, -0.25) is 9.59 Å². The van der Waals surface area contributed by atoms with Crippen molar-refractivity contribution in [1.29, 1.82) is 0 Å². The molecule has 2 heterocycles. The van der Waals surface area contributed by atoms with Gasteiger partial charge in [0.05, 0.1) is 18.9 Å². The van der Waals surface area contributed by atoms with Crippen molar-refractivity contribution in [2.75, 3.05) is 6.54 Å². The summed E-state index contributed by atoms with van der Waals surface area (Å²) >= 11 is 5.84. The number of aliphatic carboxylic acids is 1. The Kier molecular flexibility index (Phi) is 7.52. The average Bonchev–Trinajstić information content (AvgIpc) is 3.01. The van der Waals surface area contributed by atoms with Gasteiger partial charge >= 0.3 is 11.9 Å². The first kappa shape index (κ1) is 24.8. The molecule has 1 N–H and O–H groups in total. The second-order valence-electron chi connectivity index (χ2n) is 9.71. The second kappa shape index (κ2) is 9.38. The Morgan fingerprint density at radius 1 is 1.23 bits per heavy atom. The van der Waals surface area contributed by atoms with Crippen molar-refractivity contribution in [2.24, 2.45) is 11.3 Å². The second-order valence-corrected chi connectivity index (χ2v) is 10.1. The van der Waals surface area contributed by atoms with E-state index in [0.717, 1.165) is 0 Å². The molecular weight excluding hydrogens is 426 g/mol. The number of ether oxygens (including phenoxy) is 2. The lowest BCUT2D eigenvalue weighted by Gasteiger charge is -2.34. The third-order valence-corrected chi connectivity index (χ3v) is 5.07. The molecule has 9 nitrogen and oxygen atoms in total. The molecule has 1 aromatic rings. The van der Waals surface area contributed by atoms with Crippen molar-refractivity contribution < 1.29 is 29.0 Å². The number of hydrogen-bond acceptors (Lipinski definition) is 7. The van der Waals surface area contributed by atoms with E-state index in [1.165, 1.54) is 17.3 Å². The van der Waals surface area contributed by atoms with Crippen LogP contribution in [0.3, 0.4) is 0 Å². The summed E-state index contributed by atoms with van der Waals surface area (Å²) in [6, 6.07) is 0.348. The first-order chi connectivity index (χ1) is 14.2. The molecule has 0 unspecified atom stereocenters. The average molecular weight is 456 g/mol. The third kappa shape index (κ3) is 7.05. The molecule has 0 aromatic carbocycles. The van der Waals surface area contributed by atoms with E-state index in [1.54, 1.807) is 20.8 Å². The van der Waals surface area contributed by atoms with Crippen molar-refractivity contribution in [3.8, 4) is 5.88 Å². The first-order valence-corrected chi connectivity index (χ1v) is 10.4. The summed E-state index contributed by atoms with van der Waals surface area (Å²) in [6.45, 7) is 10.8. The highest BCUT2D eigenvalue weighted by Gasteiger charge is 2.46. The highest BCUT2D eigenvalue weighted by Crippen LogP contribution is 2.34. The number of amides is 1. The third-order valence-electron chi connectivity index (χ3n) is 4.86. The first-order valence-electron chi connectivity index (χ1n) is 10.1. The molecule has 1 amide bonds. The van der Waals surface area contributed by atoms with Crippen LogP contribution in [0.5, 0.6) is 5.88 Å². The lowest BCUT2D eigenvalue weighted by Crippen LogP contribution is -2.47. The number of carboxylic acids is 1. The minimum Gasteiger partial charge on any atom is -0.480 e. The molecule has 0 aliphatic carbocycles. The van der Waals surface area contributed by atoms with Crippen LogP contribution in [0.15, 0.2) is 12.4 Å². The molecule has 0 spiro atoms. The van der Waals surface area contributed by atoms with E-state index in [1.807, 2.05) is 20.8 Å². The highest BCUT2D eigenvalue weighted by molar-refractivity contribution is 6.29. The summed E-state index contributed by atoms with van der Waals surface area (Å²) in [5.41, 5.74) is -1.27. The van der Waals surface area contributed by atoms with Crippen molar-refractivity contribution in [1.82, 2.24) is 14.9 Å². The number of carbonyl (C=O) groups excluding carboxylic acids is 2. The Morgan fingerprint density at radius 3 is 2.39 bits per heavy atom. The maximum Gasteiger partial charge on any atom is 0.326 e. The number of likely N-dealkylation sites (tertiary alicyclic amines) is 1. The highest BCUT2D eigenvalue weighted by atomic mass is 35.5. The van der Waals surface area contributed by atoms with Crippen molar-refractivity contribution in [2.45, 2.75) is 72.1 Å². The van der Waals surface area contributed by atoms with E-state index in [4.69, 9.17) is 21.1 Å². The molecular formula is C21H30ClN3O6. The van der Waals surface area contributed by atoms with E-state index < -0.39 is 46.9 Å². The number of rotatable bonds is 6. The molecule has 1 fully saturated rings. The minimum atomic E-state index is -1.13. The van der Waals surface area contributed by atoms with E-state index in [2.05, 4.69) is 9.97 Å². The Balaban J connectivity index is 2.21. The number of halogens is 1. The Hall–Kier alpha value is -2.42. The summed E-state index contributed by atoms with van der Waals surface area (Å²) in [7, 11) is 0. The molecule has 1 aliphatic rings. The number of carbonyl (C=O) groups is 3. The van der Waals surface area contributed by atoms with Gasteiger partial charge in [-0.25, -0.2) is 14.8 Å². The van der Waals surface area contributed by atoms with Gasteiger partial charge in [-0.15, -0.1) is 0 Å². The summed E-state index contributed by atoms with van der Waals surface area (Å²) in [5, 5.41) is 9.88.